The Morgan fingerprint density at radius 3 is 2.79 bits per heavy atom. The fraction of sp³-hybridized carbons (Fsp3) is 0.400. The van der Waals surface area contributed by atoms with Gasteiger partial charge in [-0.25, -0.2) is 4.98 Å². The number of benzene rings is 1. The van der Waals surface area contributed by atoms with Crippen LogP contribution in [0.3, 0.4) is 0 Å². The highest BCUT2D eigenvalue weighted by Crippen LogP contribution is 2.19. The van der Waals surface area contributed by atoms with E-state index >= 15 is 0 Å². The van der Waals surface area contributed by atoms with Crippen molar-refractivity contribution < 1.29 is 0 Å². The monoisotopic (exact) mass is 256 g/mol. The van der Waals surface area contributed by atoms with Gasteiger partial charge in [0.15, 0.2) is 0 Å². The van der Waals surface area contributed by atoms with E-state index in [1.807, 2.05) is 24.4 Å². The van der Waals surface area contributed by atoms with Gasteiger partial charge in [0.1, 0.15) is 5.82 Å². The van der Waals surface area contributed by atoms with Crippen molar-refractivity contribution in [3.8, 4) is 11.4 Å². The van der Waals surface area contributed by atoms with Gasteiger partial charge < -0.3 is 10.7 Å². The average Bonchev–Trinajstić information content (AvgIpc) is 2.99. The third kappa shape index (κ3) is 2.69. The lowest BCUT2D eigenvalue weighted by Gasteiger charge is -2.13. The summed E-state index contributed by atoms with van der Waals surface area (Å²) in [6, 6.07) is 10.5. The van der Waals surface area contributed by atoms with Crippen molar-refractivity contribution in [1.29, 1.82) is 0 Å². The van der Waals surface area contributed by atoms with Crippen LogP contribution < -0.4 is 5.73 Å². The first-order valence-electron chi connectivity index (χ1n) is 6.79. The summed E-state index contributed by atoms with van der Waals surface area (Å²) in [6.45, 7) is 5.16. The van der Waals surface area contributed by atoms with E-state index in [2.05, 4.69) is 33.9 Å². The van der Waals surface area contributed by atoms with E-state index < -0.39 is 0 Å². The second-order valence-corrected chi connectivity index (χ2v) is 5.46. The summed E-state index contributed by atoms with van der Waals surface area (Å²) in [5.41, 5.74) is 8.33. The molecular weight excluding hydrogens is 236 g/mol. The van der Waals surface area contributed by atoms with Crippen LogP contribution in [-0.2, 0) is 6.54 Å². The molecule has 19 heavy (non-hydrogen) atoms. The first kappa shape index (κ1) is 12.4. The lowest BCUT2D eigenvalue weighted by Crippen LogP contribution is -2.28. The Morgan fingerprint density at radius 1 is 1.32 bits per heavy atom. The van der Waals surface area contributed by atoms with Crippen molar-refractivity contribution in [2.24, 2.45) is 11.7 Å². The molecule has 2 aromatic rings. The summed E-state index contributed by atoms with van der Waals surface area (Å²) in [4.78, 5) is 10.2. The molecule has 1 aliphatic heterocycles. The highest BCUT2D eigenvalue weighted by atomic mass is 15.2. The quantitative estimate of drug-likeness (QED) is 0.881. The number of hydrogen-bond donors (Lipinski definition) is 2. The van der Waals surface area contributed by atoms with Gasteiger partial charge in [0.2, 0.25) is 0 Å². The third-order valence-corrected chi connectivity index (χ3v) is 3.82. The zero-order valence-electron chi connectivity index (χ0n) is 11.2. The van der Waals surface area contributed by atoms with Crippen molar-refractivity contribution in [3.05, 3.63) is 42.2 Å². The molecular formula is C15H20N4. The molecule has 0 aliphatic carbocycles. The van der Waals surface area contributed by atoms with E-state index in [1.54, 1.807) is 0 Å². The number of rotatable bonds is 3. The van der Waals surface area contributed by atoms with Gasteiger partial charge in [-0.05, 0) is 5.92 Å². The Kier molecular flexibility index (Phi) is 3.36. The van der Waals surface area contributed by atoms with Crippen LogP contribution in [0.2, 0.25) is 0 Å². The molecule has 4 nitrogen and oxygen atoms in total. The van der Waals surface area contributed by atoms with Crippen LogP contribution >= 0.6 is 0 Å². The fourth-order valence-corrected chi connectivity index (χ4v) is 2.65. The first-order chi connectivity index (χ1) is 9.22. The molecule has 2 heterocycles. The predicted molar refractivity (Wildman–Crippen MR) is 76.4 cm³/mol. The van der Waals surface area contributed by atoms with Crippen LogP contribution in [-0.4, -0.2) is 34.0 Å². The molecule has 1 saturated heterocycles. The van der Waals surface area contributed by atoms with Crippen LogP contribution in [0.15, 0.2) is 36.5 Å². The zero-order chi connectivity index (χ0) is 13.2. The molecule has 0 radical (unpaired) electrons. The van der Waals surface area contributed by atoms with Crippen molar-refractivity contribution in [1.82, 2.24) is 14.9 Å². The molecule has 1 fully saturated rings. The molecule has 0 bridgehead atoms. The molecule has 0 saturated carbocycles. The number of imidazole rings is 1. The number of likely N-dealkylation sites (tertiary alicyclic amines) is 1. The Labute approximate surface area is 113 Å². The normalized spacial score (nSPS) is 23.9. The summed E-state index contributed by atoms with van der Waals surface area (Å²) in [5.74, 6) is 1.52. The molecule has 1 aromatic heterocycles. The SMILES string of the molecule is CC1CN(Cc2cnc(-c3ccccc3)[nH]2)CC1N. The first-order valence-corrected chi connectivity index (χ1v) is 6.79. The van der Waals surface area contributed by atoms with Gasteiger partial charge in [0, 0.05) is 43.1 Å². The highest BCUT2D eigenvalue weighted by molar-refractivity contribution is 5.54. The van der Waals surface area contributed by atoms with E-state index in [0.717, 1.165) is 36.7 Å². The Hall–Kier alpha value is -1.65. The molecule has 4 heteroatoms. The van der Waals surface area contributed by atoms with Crippen LogP contribution in [0, 0.1) is 5.92 Å². The molecule has 0 spiro atoms. The number of H-pyrrole nitrogens is 1. The van der Waals surface area contributed by atoms with Gasteiger partial charge in [0.25, 0.3) is 0 Å². The maximum atomic E-state index is 6.05. The fourth-order valence-electron chi connectivity index (χ4n) is 2.65. The Morgan fingerprint density at radius 2 is 2.11 bits per heavy atom. The van der Waals surface area contributed by atoms with Crippen molar-refractivity contribution >= 4 is 0 Å². The highest BCUT2D eigenvalue weighted by Gasteiger charge is 2.26. The summed E-state index contributed by atoms with van der Waals surface area (Å²) >= 11 is 0. The third-order valence-electron chi connectivity index (χ3n) is 3.82. The minimum Gasteiger partial charge on any atom is -0.341 e. The molecule has 1 aliphatic rings. The number of nitrogens with one attached hydrogen (secondary N) is 1. The Bertz CT molecular complexity index is 524. The molecule has 0 amide bonds. The van der Waals surface area contributed by atoms with E-state index in [1.165, 1.54) is 0 Å². The number of nitrogens with two attached hydrogens (primary N) is 1. The molecule has 2 unspecified atom stereocenters. The van der Waals surface area contributed by atoms with E-state index in [0.29, 0.717) is 12.0 Å². The van der Waals surface area contributed by atoms with Gasteiger partial charge in [0.05, 0.1) is 0 Å². The van der Waals surface area contributed by atoms with Gasteiger partial charge >= 0.3 is 0 Å². The second kappa shape index (κ2) is 5.15. The standard InChI is InChI=1S/C15H20N4/c1-11-8-19(10-14(11)16)9-13-7-17-15(18-13)12-5-3-2-4-6-12/h2-7,11,14H,8-10,16H2,1H3,(H,17,18). The van der Waals surface area contributed by atoms with Crippen molar-refractivity contribution in [2.75, 3.05) is 13.1 Å². The zero-order valence-corrected chi connectivity index (χ0v) is 11.2. The van der Waals surface area contributed by atoms with Crippen LogP contribution in [0.4, 0.5) is 0 Å². The van der Waals surface area contributed by atoms with E-state index in [9.17, 15) is 0 Å². The van der Waals surface area contributed by atoms with E-state index in [-0.39, 0.29) is 0 Å². The lowest BCUT2D eigenvalue weighted by molar-refractivity contribution is 0.315. The minimum atomic E-state index is 0.302. The minimum absolute atomic E-state index is 0.302. The predicted octanol–water partition coefficient (Wildman–Crippen LogP) is 1.86. The molecule has 3 rings (SSSR count). The van der Waals surface area contributed by atoms with Crippen molar-refractivity contribution in [2.45, 2.75) is 19.5 Å². The number of hydrogen-bond acceptors (Lipinski definition) is 3. The summed E-state index contributed by atoms with van der Waals surface area (Å²) < 4.78 is 0. The van der Waals surface area contributed by atoms with Crippen LogP contribution in [0.1, 0.15) is 12.6 Å². The molecule has 3 N–H and O–H groups in total. The van der Waals surface area contributed by atoms with Gasteiger partial charge in [-0.15, -0.1) is 0 Å². The summed E-state index contributed by atoms with van der Waals surface area (Å²) in [6.07, 6.45) is 1.93. The van der Waals surface area contributed by atoms with Gasteiger partial charge in [-0.1, -0.05) is 37.3 Å². The average molecular weight is 256 g/mol. The summed E-state index contributed by atoms with van der Waals surface area (Å²) in [7, 11) is 0. The summed E-state index contributed by atoms with van der Waals surface area (Å²) in [5, 5.41) is 0. The number of nitrogens with zero attached hydrogens (tertiary/aromatic N) is 2. The number of aromatic nitrogens is 2. The van der Waals surface area contributed by atoms with Crippen LogP contribution in [0.25, 0.3) is 11.4 Å². The van der Waals surface area contributed by atoms with Gasteiger partial charge in [-0.3, -0.25) is 4.90 Å². The molecule has 2 atom stereocenters. The van der Waals surface area contributed by atoms with Crippen molar-refractivity contribution in [3.63, 3.8) is 0 Å². The second-order valence-electron chi connectivity index (χ2n) is 5.46. The number of aromatic amines is 1. The maximum Gasteiger partial charge on any atom is 0.137 e. The smallest absolute Gasteiger partial charge is 0.137 e. The largest absolute Gasteiger partial charge is 0.341 e. The Balaban J connectivity index is 1.69. The maximum absolute atomic E-state index is 6.05. The van der Waals surface area contributed by atoms with Crippen LogP contribution in [0.5, 0.6) is 0 Å². The topological polar surface area (TPSA) is 57.9 Å². The molecule has 100 valence electrons. The van der Waals surface area contributed by atoms with E-state index in [4.69, 9.17) is 5.73 Å². The lowest BCUT2D eigenvalue weighted by atomic mass is 10.1. The molecule has 1 aromatic carbocycles. The van der Waals surface area contributed by atoms with Gasteiger partial charge in [-0.2, -0.15) is 0 Å².